The number of imidazole rings is 1. The molecule has 9 rings (SSSR count). The molecule has 2 unspecified atom stereocenters. The molecule has 0 saturated carbocycles. The van der Waals surface area contributed by atoms with Gasteiger partial charge in [0.05, 0.1) is 12.4 Å². The Labute approximate surface area is 336 Å². The highest BCUT2D eigenvalue weighted by molar-refractivity contribution is 9.11. The van der Waals surface area contributed by atoms with Crippen LogP contribution in [0.25, 0.3) is 27.7 Å². The fourth-order valence-electron chi connectivity index (χ4n) is 5.83. The van der Waals surface area contributed by atoms with Crippen molar-refractivity contribution in [3.05, 3.63) is 86.0 Å². The van der Waals surface area contributed by atoms with Gasteiger partial charge in [-0.3, -0.25) is 9.38 Å². The Kier molecular flexibility index (Phi) is 14.7. The van der Waals surface area contributed by atoms with Crippen molar-refractivity contribution < 1.29 is 13.2 Å². The first-order chi connectivity index (χ1) is 25.8. The van der Waals surface area contributed by atoms with E-state index in [0.29, 0.717) is 28.9 Å². The molecule has 0 bridgehead atoms. The molecule has 290 valence electrons. The molecule has 0 spiro atoms. The van der Waals surface area contributed by atoms with E-state index in [1.807, 2.05) is 17.6 Å². The molecular weight excluding hydrogens is 838 g/mol. The predicted octanol–water partition coefficient (Wildman–Crippen LogP) is 8.08. The van der Waals surface area contributed by atoms with Gasteiger partial charge in [-0.05, 0) is 66.4 Å². The number of pyridine rings is 1. The van der Waals surface area contributed by atoms with E-state index in [2.05, 4.69) is 81.7 Å². The van der Waals surface area contributed by atoms with Gasteiger partial charge in [0.2, 0.25) is 0 Å². The molecule has 55 heavy (non-hydrogen) atoms. The molecule has 0 aromatic carbocycles. The van der Waals surface area contributed by atoms with Crippen LogP contribution in [0.2, 0.25) is 0 Å². The molecule has 2 aliphatic heterocycles. The van der Waals surface area contributed by atoms with Crippen molar-refractivity contribution in [2.45, 2.75) is 58.5 Å². The second-order valence-corrected chi connectivity index (χ2v) is 15.8. The average Bonchev–Trinajstić information content (AvgIpc) is 4.04. The maximum atomic E-state index is 13.1. The maximum absolute atomic E-state index is 13.1. The zero-order chi connectivity index (χ0) is 36.6. The topological polar surface area (TPSA) is 161 Å². The van der Waals surface area contributed by atoms with Gasteiger partial charge < -0.3 is 10.2 Å². The number of rotatable bonds is 5. The van der Waals surface area contributed by atoms with Crippen LogP contribution < -0.4 is 10.2 Å². The van der Waals surface area contributed by atoms with E-state index >= 15 is 0 Å². The quantitative estimate of drug-likeness (QED) is 0.177. The number of aromatic nitrogens is 12. The Morgan fingerprint density at radius 3 is 2.29 bits per heavy atom. The van der Waals surface area contributed by atoms with Gasteiger partial charge in [-0.2, -0.15) is 13.2 Å². The second kappa shape index (κ2) is 19.4. The Hall–Kier alpha value is -4.44. The Bertz CT molecular complexity index is 2180. The van der Waals surface area contributed by atoms with E-state index in [-0.39, 0.29) is 20.8 Å². The summed E-state index contributed by atoms with van der Waals surface area (Å²) < 4.78 is 41.3. The monoisotopic (exact) mass is 874 g/mol. The van der Waals surface area contributed by atoms with E-state index in [4.69, 9.17) is 0 Å². The minimum Gasteiger partial charge on any atom is -0.356 e. The fraction of sp³-hybridized carbons (Fsp3) is 0.382. The van der Waals surface area contributed by atoms with Crippen molar-refractivity contribution in [3.8, 4) is 22.1 Å². The number of nitrogens with zero attached hydrogens (tertiary/aromatic N) is 13. The summed E-state index contributed by atoms with van der Waals surface area (Å²) in [5.41, 5.74) is 4.20. The summed E-state index contributed by atoms with van der Waals surface area (Å²) in [6, 6.07) is 5.64. The lowest BCUT2D eigenvalue weighted by Crippen LogP contribution is -2.35. The van der Waals surface area contributed by atoms with Crippen molar-refractivity contribution in [2.75, 3.05) is 31.1 Å². The van der Waals surface area contributed by atoms with Crippen molar-refractivity contribution in [1.82, 2.24) is 65.2 Å². The van der Waals surface area contributed by atoms with Gasteiger partial charge in [0.1, 0.15) is 37.6 Å². The van der Waals surface area contributed by atoms with Crippen LogP contribution in [-0.2, 0) is 6.18 Å². The maximum Gasteiger partial charge on any atom is 0.434 e. The van der Waals surface area contributed by atoms with E-state index in [1.54, 1.807) is 52.8 Å². The van der Waals surface area contributed by atoms with Crippen molar-refractivity contribution >= 4 is 61.4 Å². The van der Waals surface area contributed by atoms with E-state index in [9.17, 15) is 13.2 Å². The lowest BCUT2D eigenvalue weighted by atomic mass is 9.99. The predicted molar refractivity (Wildman–Crippen MR) is 212 cm³/mol. The molecule has 0 aliphatic carbocycles. The largest absolute Gasteiger partial charge is 0.434 e. The molecule has 21 heteroatoms. The normalized spacial score (nSPS) is 16.8. The average molecular weight is 876 g/mol. The van der Waals surface area contributed by atoms with Crippen LogP contribution in [0.1, 0.15) is 68.1 Å². The third-order valence-corrected chi connectivity index (χ3v) is 11.5. The number of hydrogen-bond acceptors (Lipinski definition) is 16. The molecular formula is C34H38BrF3N14S3. The number of alkyl halides is 3. The van der Waals surface area contributed by atoms with Crippen LogP contribution in [0, 0.1) is 0 Å². The minimum atomic E-state index is -4.55. The summed E-state index contributed by atoms with van der Waals surface area (Å²) in [6.45, 7) is 3.83. The van der Waals surface area contributed by atoms with Gasteiger partial charge in [0.15, 0.2) is 21.1 Å². The van der Waals surface area contributed by atoms with Crippen molar-refractivity contribution in [1.29, 1.82) is 0 Å². The number of anilines is 1. The van der Waals surface area contributed by atoms with Gasteiger partial charge in [-0.15, -0.1) is 53.3 Å². The highest BCUT2D eigenvalue weighted by atomic mass is 79.9. The number of fused-ring (bicyclic) bond motifs is 1. The third kappa shape index (κ3) is 10.7. The molecule has 2 saturated heterocycles. The van der Waals surface area contributed by atoms with Crippen molar-refractivity contribution in [3.63, 3.8) is 0 Å². The minimum absolute atomic E-state index is 0. The van der Waals surface area contributed by atoms with Crippen LogP contribution in [0.5, 0.6) is 0 Å². The first-order valence-electron chi connectivity index (χ1n) is 16.4. The molecule has 0 amide bonds. The molecule has 0 radical (unpaired) electrons. The molecule has 7 aromatic heterocycles. The second-order valence-electron chi connectivity index (χ2n) is 11.9. The summed E-state index contributed by atoms with van der Waals surface area (Å²) in [7, 11) is 0. The lowest BCUT2D eigenvalue weighted by molar-refractivity contribution is -0.141. The van der Waals surface area contributed by atoms with Crippen LogP contribution in [0.4, 0.5) is 19.0 Å². The van der Waals surface area contributed by atoms with Gasteiger partial charge in [-0.25, -0.2) is 19.9 Å². The fourth-order valence-corrected chi connectivity index (χ4v) is 8.30. The van der Waals surface area contributed by atoms with E-state index < -0.39 is 11.9 Å². The standard InChI is InChI=1S/C18H15F3N8S.C7H4BrN3S.C7H11N3S.2CH4/c19-18(20,21)13-9-29-12(6-24-15(29)7-23-13)16-22-4-3-14(26-16)28-5-1-2-11(8-28)17-27-25-10-30-17;8-7-11-10-6(12-7)5-2-1-3-9-4-5;1-2-6(4-8-3-1)7-10-9-5-11-7;;/h3-4,6-7,9-11H,1-2,5,8H2;1-4H;5-6,8H,1-4H2;2*1H4. The summed E-state index contributed by atoms with van der Waals surface area (Å²) in [5.74, 6) is 1.92. The van der Waals surface area contributed by atoms with Crippen LogP contribution in [0.15, 0.2) is 70.3 Å². The van der Waals surface area contributed by atoms with Gasteiger partial charge in [0.25, 0.3) is 0 Å². The smallest absolute Gasteiger partial charge is 0.356 e. The first kappa shape index (κ1) is 41.7. The van der Waals surface area contributed by atoms with E-state index in [0.717, 1.165) is 70.9 Å². The highest BCUT2D eigenvalue weighted by Crippen LogP contribution is 2.32. The molecule has 7 aromatic rings. The van der Waals surface area contributed by atoms with Gasteiger partial charge in [0, 0.05) is 61.8 Å². The SMILES string of the molecule is Brc1nnc(-c2cccnc2)s1.C.C.FC(F)(F)c1cn2c(-c3nccc(N4CCCC(c5nncs5)C4)n3)cnc2cn1.c1nnc(C2CCCNC2)s1. The van der Waals surface area contributed by atoms with Crippen molar-refractivity contribution in [2.24, 2.45) is 0 Å². The molecule has 2 fully saturated rings. The lowest BCUT2D eigenvalue weighted by Gasteiger charge is -2.32. The molecule has 1 N–H and O–H groups in total. The van der Waals surface area contributed by atoms with Gasteiger partial charge in [-0.1, -0.05) is 26.2 Å². The Balaban J connectivity index is 0.000000190. The van der Waals surface area contributed by atoms with Crippen LogP contribution in [0.3, 0.4) is 0 Å². The summed E-state index contributed by atoms with van der Waals surface area (Å²) in [4.78, 5) is 22.6. The third-order valence-electron chi connectivity index (χ3n) is 8.36. The van der Waals surface area contributed by atoms with Gasteiger partial charge >= 0.3 is 6.18 Å². The zero-order valence-corrected chi connectivity index (χ0v) is 31.7. The molecule has 2 atom stereocenters. The Morgan fingerprint density at radius 1 is 0.855 bits per heavy atom. The molecule has 14 nitrogen and oxygen atoms in total. The summed E-state index contributed by atoms with van der Waals surface area (Å²) >= 11 is 7.96. The number of piperidine rings is 2. The molecule has 9 heterocycles. The number of hydrogen-bond donors (Lipinski definition) is 1. The summed E-state index contributed by atoms with van der Waals surface area (Å²) in [6.07, 6.45) is 8.58. The summed E-state index contributed by atoms with van der Waals surface area (Å²) in [5, 5.41) is 30.3. The van der Waals surface area contributed by atoms with Crippen LogP contribution >= 0.6 is 49.9 Å². The van der Waals surface area contributed by atoms with Crippen LogP contribution in [-0.4, -0.2) is 86.1 Å². The highest BCUT2D eigenvalue weighted by Gasteiger charge is 2.33. The Morgan fingerprint density at radius 2 is 1.64 bits per heavy atom. The molecule has 2 aliphatic rings. The van der Waals surface area contributed by atoms with E-state index in [1.165, 1.54) is 39.8 Å². The first-order valence-corrected chi connectivity index (χ1v) is 19.8. The number of nitrogens with one attached hydrogen (secondary N) is 1. The zero-order valence-electron chi connectivity index (χ0n) is 27.7. The number of halogens is 4.